The Labute approximate surface area is 177 Å². The molecule has 1 atom stereocenters. The fourth-order valence-corrected chi connectivity index (χ4v) is 5.98. The summed E-state index contributed by atoms with van der Waals surface area (Å²) in [5.74, 6) is -1.03. The van der Waals surface area contributed by atoms with Gasteiger partial charge in [0.25, 0.3) is 5.91 Å². The highest BCUT2D eigenvalue weighted by atomic mass is 32.2. The molecule has 1 saturated carbocycles. The molecular weight excluding hydrogens is 406 g/mol. The highest BCUT2D eigenvalue weighted by molar-refractivity contribution is 7.91. The molecule has 0 aromatic heterocycles. The summed E-state index contributed by atoms with van der Waals surface area (Å²) in [5, 5.41) is 0. The van der Waals surface area contributed by atoms with Crippen molar-refractivity contribution in [3.05, 3.63) is 35.4 Å². The molecule has 1 amide bonds. The second-order valence-corrected chi connectivity index (χ2v) is 10.5. The van der Waals surface area contributed by atoms with Gasteiger partial charge in [0.05, 0.1) is 17.9 Å². The molecule has 0 radical (unpaired) electrons. The van der Waals surface area contributed by atoms with Gasteiger partial charge in [-0.2, -0.15) is 0 Å². The molecule has 3 rings (SSSR count). The number of carbonyl (C=O) groups is 3. The first-order valence-electron chi connectivity index (χ1n) is 10.5. The molecular formula is C22H29NO6S. The number of amides is 1. The fraction of sp³-hybridized carbons (Fsp3) is 0.591. The Bertz CT molecular complexity index is 887. The molecule has 8 heteroatoms. The first-order valence-corrected chi connectivity index (χ1v) is 12.3. The van der Waals surface area contributed by atoms with Gasteiger partial charge in [0, 0.05) is 24.1 Å². The normalized spacial score (nSPS) is 20.8. The van der Waals surface area contributed by atoms with Crippen LogP contribution >= 0.6 is 0 Å². The molecule has 1 aromatic rings. The van der Waals surface area contributed by atoms with E-state index in [0.29, 0.717) is 12.0 Å². The standard InChI is InChI=1S/C22H29NO6S/c1-16-6-8-17(9-7-16)20(24)10-11-22(26)29-14-21(25)23(18-4-2-3-5-18)19-12-13-30(27,28)15-19/h6-9,18-19H,2-5,10-15H2,1H3. The summed E-state index contributed by atoms with van der Waals surface area (Å²) in [6, 6.07) is 6.80. The molecule has 1 aliphatic heterocycles. The second kappa shape index (κ2) is 9.73. The van der Waals surface area contributed by atoms with Gasteiger partial charge in [-0.3, -0.25) is 14.4 Å². The Morgan fingerprint density at radius 2 is 1.67 bits per heavy atom. The van der Waals surface area contributed by atoms with Crippen LogP contribution in [0.15, 0.2) is 24.3 Å². The van der Waals surface area contributed by atoms with Crippen molar-refractivity contribution in [3.63, 3.8) is 0 Å². The van der Waals surface area contributed by atoms with Gasteiger partial charge in [-0.05, 0) is 26.2 Å². The first-order chi connectivity index (χ1) is 14.2. The minimum atomic E-state index is -3.12. The van der Waals surface area contributed by atoms with Gasteiger partial charge < -0.3 is 9.64 Å². The van der Waals surface area contributed by atoms with Crippen LogP contribution in [-0.4, -0.2) is 61.2 Å². The Kier molecular flexibility index (Phi) is 7.28. The topological polar surface area (TPSA) is 97.8 Å². The van der Waals surface area contributed by atoms with Crippen LogP contribution in [0, 0.1) is 6.92 Å². The molecule has 1 saturated heterocycles. The number of ether oxygens (including phenoxy) is 1. The van der Waals surface area contributed by atoms with E-state index in [-0.39, 0.29) is 48.1 Å². The zero-order chi connectivity index (χ0) is 21.7. The van der Waals surface area contributed by atoms with E-state index in [4.69, 9.17) is 4.74 Å². The first kappa shape index (κ1) is 22.5. The second-order valence-electron chi connectivity index (χ2n) is 8.25. The summed E-state index contributed by atoms with van der Waals surface area (Å²) in [4.78, 5) is 38.7. The van der Waals surface area contributed by atoms with Gasteiger partial charge in [0.15, 0.2) is 22.2 Å². The molecule has 0 bridgehead atoms. The zero-order valence-electron chi connectivity index (χ0n) is 17.3. The molecule has 1 unspecified atom stereocenters. The number of aryl methyl sites for hydroxylation is 1. The quantitative estimate of drug-likeness (QED) is 0.460. The number of ketones is 1. The molecule has 0 spiro atoms. The third-order valence-corrected chi connectivity index (χ3v) is 7.64. The molecule has 7 nitrogen and oxygen atoms in total. The van der Waals surface area contributed by atoms with Crippen molar-refractivity contribution >= 4 is 27.5 Å². The van der Waals surface area contributed by atoms with E-state index in [9.17, 15) is 22.8 Å². The summed E-state index contributed by atoms with van der Waals surface area (Å²) in [7, 11) is -3.12. The third kappa shape index (κ3) is 5.90. The maximum Gasteiger partial charge on any atom is 0.306 e. The molecule has 1 heterocycles. The van der Waals surface area contributed by atoms with Crippen LogP contribution in [0.1, 0.15) is 60.9 Å². The van der Waals surface area contributed by atoms with Crippen molar-refractivity contribution in [1.29, 1.82) is 0 Å². The molecule has 30 heavy (non-hydrogen) atoms. The molecule has 164 valence electrons. The number of carbonyl (C=O) groups excluding carboxylic acids is 3. The maximum absolute atomic E-state index is 12.8. The maximum atomic E-state index is 12.8. The lowest BCUT2D eigenvalue weighted by Crippen LogP contribution is -2.48. The molecule has 0 N–H and O–H groups in total. The van der Waals surface area contributed by atoms with Crippen molar-refractivity contribution in [2.24, 2.45) is 0 Å². The minimum Gasteiger partial charge on any atom is -0.456 e. The van der Waals surface area contributed by atoms with Gasteiger partial charge in [-0.1, -0.05) is 42.7 Å². The van der Waals surface area contributed by atoms with E-state index in [1.165, 1.54) is 0 Å². The monoisotopic (exact) mass is 435 g/mol. The SMILES string of the molecule is Cc1ccc(C(=O)CCC(=O)OCC(=O)N(C2CCCC2)C2CCS(=O)(=O)C2)cc1. The van der Waals surface area contributed by atoms with Crippen molar-refractivity contribution in [1.82, 2.24) is 4.90 Å². The third-order valence-electron chi connectivity index (χ3n) is 5.89. The Morgan fingerprint density at radius 3 is 2.27 bits per heavy atom. The van der Waals surface area contributed by atoms with E-state index in [2.05, 4.69) is 0 Å². The number of esters is 1. The summed E-state index contributed by atoms with van der Waals surface area (Å²) >= 11 is 0. The van der Waals surface area contributed by atoms with Crippen molar-refractivity contribution in [3.8, 4) is 0 Å². The lowest BCUT2D eigenvalue weighted by molar-refractivity contribution is -0.154. The average molecular weight is 436 g/mol. The fourth-order valence-electron chi connectivity index (χ4n) is 4.27. The number of rotatable bonds is 8. The van der Waals surface area contributed by atoms with Crippen LogP contribution < -0.4 is 0 Å². The highest BCUT2D eigenvalue weighted by Crippen LogP contribution is 2.29. The number of benzene rings is 1. The Hall–Kier alpha value is -2.22. The molecule has 1 aliphatic carbocycles. The minimum absolute atomic E-state index is 0.0117. The van der Waals surface area contributed by atoms with E-state index in [0.717, 1.165) is 31.2 Å². The summed E-state index contributed by atoms with van der Waals surface area (Å²) in [6.45, 7) is 1.52. The molecule has 2 fully saturated rings. The predicted molar refractivity (Wildman–Crippen MR) is 112 cm³/mol. The molecule has 1 aromatic carbocycles. The van der Waals surface area contributed by atoms with E-state index in [1.807, 2.05) is 19.1 Å². The van der Waals surface area contributed by atoms with Crippen molar-refractivity contribution in [2.45, 2.75) is 64.0 Å². The van der Waals surface area contributed by atoms with Crippen molar-refractivity contribution < 1.29 is 27.5 Å². The number of nitrogens with zero attached hydrogens (tertiary/aromatic N) is 1. The summed E-state index contributed by atoms with van der Waals surface area (Å²) < 4.78 is 28.9. The van der Waals surface area contributed by atoms with Gasteiger partial charge in [-0.15, -0.1) is 0 Å². The largest absolute Gasteiger partial charge is 0.456 e. The van der Waals surface area contributed by atoms with Crippen molar-refractivity contribution in [2.75, 3.05) is 18.1 Å². The van der Waals surface area contributed by atoms with Gasteiger partial charge >= 0.3 is 5.97 Å². The van der Waals surface area contributed by atoms with Crippen LogP contribution in [0.5, 0.6) is 0 Å². The number of Topliss-reactive ketones (excluding diaryl/α,β-unsaturated/α-hetero) is 1. The molecule has 2 aliphatic rings. The van der Waals surface area contributed by atoms with Crippen LogP contribution in [-0.2, 0) is 24.2 Å². The Morgan fingerprint density at radius 1 is 1.00 bits per heavy atom. The van der Waals surface area contributed by atoms with Crippen LogP contribution in [0.4, 0.5) is 0 Å². The zero-order valence-corrected chi connectivity index (χ0v) is 18.2. The summed E-state index contributed by atoms with van der Waals surface area (Å²) in [6.07, 6.45) is 4.07. The number of hydrogen-bond donors (Lipinski definition) is 0. The average Bonchev–Trinajstić information content (AvgIpc) is 3.35. The van der Waals surface area contributed by atoms with E-state index in [1.54, 1.807) is 17.0 Å². The van der Waals surface area contributed by atoms with E-state index >= 15 is 0 Å². The van der Waals surface area contributed by atoms with Crippen LogP contribution in [0.3, 0.4) is 0 Å². The Balaban J connectivity index is 1.51. The van der Waals surface area contributed by atoms with Gasteiger partial charge in [0.1, 0.15) is 0 Å². The summed E-state index contributed by atoms with van der Waals surface area (Å²) in [5.41, 5.74) is 1.59. The highest BCUT2D eigenvalue weighted by Gasteiger charge is 2.39. The predicted octanol–water partition coefficient (Wildman–Crippen LogP) is 2.46. The van der Waals surface area contributed by atoms with Crippen LogP contribution in [0.25, 0.3) is 0 Å². The smallest absolute Gasteiger partial charge is 0.306 e. The lowest BCUT2D eigenvalue weighted by Gasteiger charge is -2.33. The van der Waals surface area contributed by atoms with Gasteiger partial charge in [0.2, 0.25) is 0 Å². The number of sulfone groups is 1. The van der Waals surface area contributed by atoms with Gasteiger partial charge in [-0.25, -0.2) is 8.42 Å². The lowest BCUT2D eigenvalue weighted by atomic mass is 10.1. The van der Waals surface area contributed by atoms with E-state index < -0.39 is 22.4 Å². The number of hydrogen-bond acceptors (Lipinski definition) is 6. The van der Waals surface area contributed by atoms with Crippen LogP contribution in [0.2, 0.25) is 0 Å².